The van der Waals surface area contributed by atoms with Gasteiger partial charge in [-0.15, -0.1) is 0 Å². The number of hydrogen-bond donors (Lipinski definition) is 2. The third-order valence-corrected chi connectivity index (χ3v) is 8.99. The fourth-order valence-electron chi connectivity index (χ4n) is 6.42. The molecule has 1 amide bonds. The maximum atomic E-state index is 13.1. The molecule has 1 aromatic carbocycles. The predicted octanol–water partition coefficient (Wildman–Crippen LogP) is 3.63. The van der Waals surface area contributed by atoms with Crippen LogP contribution in [0.15, 0.2) is 23.1 Å². The molecule has 0 spiro atoms. The minimum atomic E-state index is -3.58. The van der Waals surface area contributed by atoms with E-state index in [9.17, 15) is 13.2 Å². The van der Waals surface area contributed by atoms with E-state index in [1.807, 2.05) is 6.92 Å². The van der Waals surface area contributed by atoms with Gasteiger partial charge in [-0.05, 0) is 93.2 Å². The number of nitrogens with one attached hydrogen (secondary N) is 2. The lowest BCUT2D eigenvalue weighted by Gasteiger charge is -2.59. The van der Waals surface area contributed by atoms with Gasteiger partial charge >= 0.3 is 0 Å². The van der Waals surface area contributed by atoms with Gasteiger partial charge in [-0.25, -0.2) is 13.1 Å². The van der Waals surface area contributed by atoms with E-state index < -0.39 is 10.0 Å². The Morgan fingerprint density at radius 1 is 1.14 bits per heavy atom. The summed E-state index contributed by atoms with van der Waals surface area (Å²) < 4.78 is 27.1. The molecular formula is C22H32N2O3S. The van der Waals surface area contributed by atoms with Crippen molar-refractivity contribution < 1.29 is 13.2 Å². The minimum Gasteiger partial charge on any atom is -0.349 e. The maximum absolute atomic E-state index is 13.1. The average Bonchev–Trinajstić information content (AvgIpc) is 2.60. The molecule has 1 atom stereocenters. The molecule has 0 saturated heterocycles. The number of carbonyl (C=O) groups is 1. The first-order valence-corrected chi connectivity index (χ1v) is 12.1. The molecule has 5 nitrogen and oxygen atoms in total. The summed E-state index contributed by atoms with van der Waals surface area (Å²) in [7, 11) is -3.58. The van der Waals surface area contributed by atoms with Crippen LogP contribution in [0, 0.1) is 30.1 Å². The van der Waals surface area contributed by atoms with E-state index in [0.29, 0.717) is 12.1 Å². The average molecular weight is 405 g/mol. The molecule has 4 aliphatic rings. The topological polar surface area (TPSA) is 75.3 Å². The molecular weight excluding hydrogens is 372 g/mol. The lowest BCUT2D eigenvalue weighted by atomic mass is 9.48. The van der Waals surface area contributed by atoms with Gasteiger partial charge in [0, 0.05) is 18.2 Å². The number of aryl methyl sites for hydroxylation is 1. The molecule has 0 aromatic heterocycles. The number of sulfonamides is 1. The Labute approximate surface area is 168 Å². The lowest BCUT2D eigenvalue weighted by molar-refractivity contribution is -0.0688. The highest BCUT2D eigenvalue weighted by molar-refractivity contribution is 7.89. The van der Waals surface area contributed by atoms with Gasteiger partial charge in [0.1, 0.15) is 0 Å². The van der Waals surface area contributed by atoms with E-state index in [2.05, 4.69) is 17.0 Å². The number of amides is 1. The van der Waals surface area contributed by atoms with Crippen molar-refractivity contribution in [1.29, 1.82) is 0 Å². The molecule has 0 unspecified atom stereocenters. The second kappa shape index (κ2) is 7.13. The summed E-state index contributed by atoms with van der Waals surface area (Å²) in [6.45, 7) is 6.07. The highest BCUT2D eigenvalue weighted by Crippen LogP contribution is 2.61. The van der Waals surface area contributed by atoms with Crippen molar-refractivity contribution >= 4 is 15.9 Å². The van der Waals surface area contributed by atoms with Crippen LogP contribution >= 0.6 is 0 Å². The van der Waals surface area contributed by atoms with E-state index in [1.54, 1.807) is 19.1 Å². The summed E-state index contributed by atoms with van der Waals surface area (Å²) in [5.74, 6) is 2.34. The Balaban J connectivity index is 1.54. The van der Waals surface area contributed by atoms with Gasteiger partial charge in [-0.2, -0.15) is 0 Å². The lowest BCUT2D eigenvalue weighted by Crippen LogP contribution is -2.55. The smallest absolute Gasteiger partial charge is 0.251 e. The highest BCUT2D eigenvalue weighted by atomic mass is 32.2. The molecule has 0 aliphatic heterocycles. The highest BCUT2D eigenvalue weighted by Gasteiger charge is 2.53. The van der Waals surface area contributed by atoms with Crippen molar-refractivity contribution in [2.45, 2.75) is 70.2 Å². The quantitative estimate of drug-likeness (QED) is 0.760. The van der Waals surface area contributed by atoms with Gasteiger partial charge in [-0.3, -0.25) is 4.79 Å². The van der Waals surface area contributed by atoms with Crippen LogP contribution in [0.3, 0.4) is 0 Å². The first-order chi connectivity index (χ1) is 13.2. The fourth-order valence-corrected chi connectivity index (χ4v) is 7.49. The summed E-state index contributed by atoms with van der Waals surface area (Å²) in [5, 5.41) is 3.25. The van der Waals surface area contributed by atoms with Gasteiger partial charge in [-0.1, -0.05) is 13.0 Å². The zero-order valence-corrected chi connectivity index (χ0v) is 17.9. The largest absolute Gasteiger partial charge is 0.349 e. The van der Waals surface area contributed by atoms with Crippen LogP contribution in [0.2, 0.25) is 0 Å². The van der Waals surface area contributed by atoms with Crippen LogP contribution in [0.25, 0.3) is 0 Å². The zero-order valence-electron chi connectivity index (χ0n) is 17.1. The Bertz CT molecular complexity index is 842. The van der Waals surface area contributed by atoms with Crippen molar-refractivity contribution in [3.05, 3.63) is 29.3 Å². The number of benzene rings is 1. The molecule has 1 aromatic rings. The molecule has 154 valence electrons. The van der Waals surface area contributed by atoms with Crippen molar-refractivity contribution in [3.8, 4) is 0 Å². The second-order valence-electron chi connectivity index (χ2n) is 9.45. The van der Waals surface area contributed by atoms with E-state index >= 15 is 0 Å². The standard InChI is InChI=1S/C22H32N2O3S/c1-4-23-28(26,27)19-6-5-14(2)20(10-19)21(25)24-15(3)22-11-16-7-17(12-22)9-18(8-16)13-22/h5-6,10,15-18,23H,4,7-9,11-13H2,1-3H3,(H,24,25)/t15-,16?,17?,18?,22?/m1/s1. The first kappa shape index (κ1) is 19.9. The monoisotopic (exact) mass is 404 g/mol. The molecule has 4 aliphatic carbocycles. The Kier molecular flexibility index (Phi) is 5.07. The maximum Gasteiger partial charge on any atom is 0.251 e. The third kappa shape index (κ3) is 3.50. The van der Waals surface area contributed by atoms with E-state index in [-0.39, 0.29) is 22.3 Å². The van der Waals surface area contributed by atoms with E-state index in [0.717, 1.165) is 23.3 Å². The molecule has 4 bridgehead atoms. The number of rotatable bonds is 6. The van der Waals surface area contributed by atoms with E-state index in [4.69, 9.17) is 0 Å². The van der Waals surface area contributed by atoms with Gasteiger partial charge in [0.25, 0.3) is 5.91 Å². The first-order valence-electron chi connectivity index (χ1n) is 10.6. The summed E-state index contributed by atoms with van der Waals surface area (Å²) >= 11 is 0. The van der Waals surface area contributed by atoms with Crippen molar-refractivity contribution in [3.63, 3.8) is 0 Å². The molecule has 0 radical (unpaired) electrons. The van der Waals surface area contributed by atoms with Gasteiger partial charge in [0.05, 0.1) is 4.90 Å². The van der Waals surface area contributed by atoms with Gasteiger partial charge < -0.3 is 5.32 Å². The van der Waals surface area contributed by atoms with Gasteiger partial charge in [0.2, 0.25) is 10.0 Å². The summed E-state index contributed by atoms with van der Waals surface area (Å²) in [6, 6.07) is 4.90. The fraction of sp³-hybridized carbons (Fsp3) is 0.682. The Hall–Kier alpha value is -1.40. The normalized spacial score (nSPS) is 32.3. The molecule has 28 heavy (non-hydrogen) atoms. The molecule has 4 saturated carbocycles. The molecule has 4 fully saturated rings. The van der Waals surface area contributed by atoms with Crippen LogP contribution in [-0.4, -0.2) is 26.9 Å². The van der Waals surface area contributed by atoms with Crippen LogP contribution in [0.4, 0.5) is 0 Å². The molecule has 6 heteroatoms. The summed E-state index contributed by atoms with van der Waals surface area (Å²) in [4.78, 5) is 13.2. The second-order valence-corrected chi connectivity index (χ2v) is 11.2. The van der Waals surface area contributed by atoms with Crippen LogP contribution in [0.1, 0.15) is 68.3 Å². The van der Waals surface area contributed by atoms with Crippen LogP contribution in [0.5, 0.6) is 0 Å². The predicted molar refractivity (Wildman–Crippen MR) is 110 cm³/mol. The van der Waals surface area contributed by atoms with Gasteiger partial charge in [0.15, 0.2) is 0 Å². The van der Waals surface area contributed by atoms with Crippen molar-refractivity contribution in [1.82, 2.24) is 10.0 Å². The minimum absolute atomic E-state index is 0.113. The third-order valence-electron chi connectivity index (χ3n) is 7.45. The molecule has 0 heterocycles. The van der Waals surface area contributed by atoms with E-state index in [1.165, 1.54) is 44.6 Å². The van der Waals surface area contributed by atoms with Crippen molar-refractivity contribution in [2.75, 3.05) is 6.54 Å². The Morgan fingerprint density at radius 2 is 1.71 bits per heavy atom. The zero-order chi connectivity index (χ0) is 20.1. The van der Waals surface area contributed by atoms with Crippen LogP contribution in [-0.2, 0) is 10.0 Å². The summed E-state index contributed by atoms with van der Waals surface area (Å²) in [6.07, 6.45) is 7.83. The van der Waals surface area contributed by atoms with Crippen LogP contribution < -0.4 is 10.0 Å². The molecule has 2 N–H and O–H groups in total. The SMILES string of the molecule is CCNS(=O)(=O)c1ccc(C)c(C(=O)N[C@H](C)C23CC4CC(CC(C4)C2)C3)c1. The summed E-state index contributed by atoms with van der Waals surface area (Å²) in [5.41, 5.74) is 1.48. The number of hydrogen-bond acceptors (Lipinski definition) is 3. The Morgan fingerprint density at radius 3 is 2.25 bits per heavy atom. The molecule has 5 rings (SSSR count). The number of carbonyl (C=O) groups excluding carboxylic acids is 1. The van der Waals surface area contributed by atoms with Crippen molar-refractivity contribution in [2.24, 2.45) is 23.2 Å².